The summed E-state index contributed by atoms with van der Waals surface area (Å²) >= 11 is 0. The summed E-state index contributed by atoms with van der Waals surface area (Å²) in [6, 6.07) is 11.8. The summed E-state index contributed by atoms with van der Waals surface area (Å²) in [5.41, 5.74) is 5.14. The van der Waals surface area contributed by atoms with Crippen molar-refractivity contribution < 1.29 is 9.53 Å². The highest BCUT2D eigenvalue weighted by Crippen LogP contribution is 2.32. The number of benzene rings is 2. The van der Waals surface area contributed by atoms with Crippen molar-refractivity contribution in [2.75, 3.05) is 31.4 Å². The summed E-state index contributed by atoms with van der Waals surface area (Å²) < 4.78 is 5.52. The van der Waals surface area contributed by atoms with Crippen LogP contribution in [-0.2, 0) is 12.8 Å². The molecule has 1 N–H and O–H groups in total. The number of aryl methyl sites for hydroxylation is 2. The van der Waals surface area contributed by atoms with Crippen molar-refractivity contribution >= 4 is 17.3 Å². The van der Waals surface area contributed by atoms with Crippen LogP contribution in [0.4, 0.5) is 11.4 Å². The van der Waals surface area contributed by atoms with E-state index in [2.05, 4.69) is 17.4 Å². The van der Waals surface area contributed by atoms with Gasteiger partial charge in [0.1, 0.15) is 5.75 Å². The molecule has 0 saturated carbocycles. The van der Waals surface area contributed by atoms with Gasteiger partial charge in [-0.3, -0.25) is 4.79 Å². The van der Waals surface area contributed by atoms with Gasteiger partial charge in [0.2, 0.25) is 0 Å². The van der Waals surface area contributed by atoms with Gasteiger partial charge in [0, 0.05) is 25.3 Å². The molecule has 2 aromatic carbocycles. The van der Waals surface area contributed by atoms with Gasteiger partial charge in [0.15, 0.2) is 0 Å². The number of fused-ring (bicyclic) bond motifs is 1. The zero-order chi connectivity index (χ0) is 17.8. The van der Waals surface area contributed by atoms with Crippen LogP contribution in [0.25, 0.3) is 0 Å². The van der Waals surface area contributed by atoms with Crippen LogP contribution >= 0.6 is 0 Å². The van der Waals surface area contributed by atoms with Crippen LogP contribution < -0.4 is 15.0 Å². The largest absolute Gasteiger partial charge is 0.495 e. The van der Waals surface area contributed by atoms with Gasteiger partial charge >= 0.3 is 0 Å². The van der Waals surface area contributed by atoms with Crippen molar-refractivity contribution in [1.29, 1.82) is 0 Å². The normalized spacial score (nSPS) is 13.6. The van der Waals surface area contributed by atoms with Gasteiger partial charge in [0.05, 0.1) is 12.8 Å². The Hall–Kier alpha value is -2.49. The van der Waals surface area contributed by atoms with Crippen LogP contribution in [0.2, 0.25) is 0 Å². The number of anilines is 2. The number of nitrogens with zero attached hydrogens (tertiary/aromatic N) is 1. The van der Waals surface area contributed by atoms with E-state index in [-0.39, 0.29) is 5.91 Å². The Morgan fingerprint density at radius 1 is 1.00 bits per heavy atom. The van der Waals surface area contributed by atoms with Gasteiger partial charge in [-0.25, -0.2) is 0 Å². The molecule has 0 aromatic heterocycles. The smallest absolute Gasteiger partial charge is 0.255 e. The second-order valence-corrected chi connectivity index (χ2v) is 6.78. The molecule has 0 saturated heterocycles. The summed E-state index contributed by atoms with van der Waals surface area (Å²) in [5, 5.41) is 3.02. The molecule has 0 heterocycles. The lowest BCUT2D eigenvalue weighted by Gasteiger charge is -2.16. The fourth-order valence-electron chi connectivity index (χ4n) is 3.31. The number of hydrogen-bond acceptors (Lipinski definition) is 3. The SMILES string of the molecule is COc1cc2c(cc1NC(=O)c1ccc(N(C)C)cc1)CCCCC2. The molecule has 25 heavy (non-hydrogen) atoms. The zero-order valence-electron chi connectivity index (χ0n) is 15.3. The molecule has 0 aliphatic heterocycles. The van der Waals surface area contributed by atoms with Gasteiger partial charge < -0.3 is 15.0 Å². The number of amides is 1. The van der Waals surface area contributed by atoms with Gasteiger partial charge in [-0.2, -0.15) is 0 Å². The lowest BCUT2D eigenvalue weighted by Crippen LogP contribution is -2.14. The number of carbonyl (C=O) groups is 1. The number of ether oxygens (including phenoxy) is 1. The Labute approximate surface area is 149 Å². The maximum absolute atomic E-state index is 12.6. The Morgan fingerprint density at radius 3 is 2.24 bits per heavy atom. The molecule has 1 aliphatic rings. The first-order chi connectivity index (χ1) is 12.1. The van der Waals surface area contributed by atoms with E-state index < -0.39 is 0 Å². The molecule has 1 aliphatic carbocycles. The van der Waals surface area contributed by atoms with Gasteiger partial charge in [-0.1, -0.05) is 6.42 Å². The van der Waals surface area contributed by atoms with E-state index in [1.54, 1.807) is 7.11 Å². The highest BCUT2D eigenvalue weighted by atomic mass is 16.5. The minimum absolute atomic E-state index is 0.114. The molecule has 0 fully saturated rings. The Kier molecular flexibility index (Phi) is 5.27. The van der Waals surface area contributed by atoms with Gasteiger partial charge in [-0.05, 0) is 73.2 Å². The number of nitrogens with one attached hydrogen (secondary N) is 1. The van der Waals surface area contributed by atoms with E-state index in [0.717, 1.165) is 30.0 Å². The predicted molar refractivity (Wildman–Crippen MR) is 103 cm³/mol. The minimum Gasteiger partial charge on any atom is -0.495 e. The Bertz CT molecular complexity index is 751. The van der Waals surface area contributed by atoms with Crippen LogP contribution in [0.15, 0.2) is 36.4 Å². The minimum atomic E-state index is -0.114. The summed E-state index contributed by atoms with van der Waals surface area (Å²) in [5.74, 6) is 0.621. The Morgan fingerprint density at radius 2 is 1.64 bits per heavy atom. The first kappa shape index (κ1) is 17.3. The molecule has 4 heteroatoms. The maximum Gasteiger partial charge on any atom is 0.255 e. The molecule has 132 valence electrons. The zero-order valence-corrected chi connectivity index (χ0v) is 15.3. The summed E-state index contributed by atoms with van der Waals surface area (Å²) in [6.07, 6.45) is 5.85. The molecular weight excluding hydrogens is 312 g/mol. The van der Waals surface area contributed by atoms with Crippen LogP contribution in [0.5, 0.6) is 5.75 Å². The molecule has 0 atom stereocenters. The van der Waals surface area contributed by atoms with E-state index in [0.29, 0.717) is 5.56 Å². The highest BCUT2D eigenvalue weighted by molar-refractivity contribution is 6.05. The second kappa shape index (κ2) is 7.60. The van der Waals surface area contributed by atoms with Crippen LogP contribution in [0.1, 0.15) is 40.7 Å². The average molecular weight is 338 g/mol. The fraction of sp³-hybridized carbons (Fsp3) is 0.381. The predicted octanol–water partition coefficient (Wildman–Crippen LogP) is 4.28. The Balaban J connectivity index is 1.83. The summed E-state index contributed by atoms with van der Waals surface area (Å²) in [4.78, 5) is 14.6. The quantitative estimate of drug-likeness (QED) is 0.846. The van der Waals surface area contributed by atoms with Crippen molar-refractivity contribution in [3.05, 3.63) is 53.1 Å². The van der Waals surface area contributed by atoms with Crippen molar-refractivity contribution in [3.8, 4) is 5.75 Å². The number of rotatable bonds is 4. The molecule has 3 rings (SSSR count). The molecule has 1 amide bonds. The maximum atomic E-state index is 12.6. The van der Waals surface area contributed by atoms with Crippen molar-refractivity contribution in [2.24, 2.45) is 0 Å². The number of hydrogen-bond donors (Lipinski definition) is 1. The van der Waals surface area contributed by atoms with Crippen molar-refractivity contribution in [2.45, 2.75) is 32.1 Å². The third-order valence-electron chi connectivity index (χ3n) is 4.81. The van der Waals surface area contributed by atoms with Crippen LogP contribution in [-0.4, -0.2) is 27.1 Å². The van der Waals surface area contributed by atoms with Crippen molar-refractivity contribution in [1.82, 2.24) is 0 Å². The van der Waals surface area contributed by atoms with E-state index in [1.165, 1.54) is 30.4 Å². The lowest BCUT2D eigenvalue weighted by molar-refractivity contribution is 0.102. The topological polar surface area (TPSA) is 41.6 Å². The van der Waals surface area contributed by atoms with E-state index in [1.807, 2.05) is 43.3 Å². The highest BCUT2D eigenvalue weighted by Gasteiger charge is 2.15. The molecular formula is C21H26N2O2. The fourth-order valence-corrected chi connectivity index (χ4v) is 3.31. The van der Waals surface area contributed by atoms with E-state index in [9.17, 15) is 4.79 Å². The standard InChI is InChI=1S/C21H26N2O2/c1-23(2)18-11-9-15(10-12-18)21(24)22-19-13-16-7-5-4-6-8-17(16)14-20(19)25-3/h9-14H,4-8H2,1-3H3,(H,22,24). The summed E-state index contributed by atoms with van der Waals surface area (Å²) in [6.45, 7) is 0. The first-order valence-electron chi connectivity index (χ1n) is 8.87. The second-order valence-electron chi connectivity index (χ2n) is 6.78. The molecule has 0 spiro atoms. The number of carbonyl (C=O) groups excluding carboxylic acids is 1. The van der Waals surface area contributed by atoms with Crippen molar-refractivity contribution in [3.63, 3.8) is 0 Å². The number of methoxy groups -OCH3 is 1. The molecule has 2 aromatic rings. The third-order valence-corrected chi connectivity index (χ3v) is 4.81. The third kappa shape index (κ3) is 3.95. The lowest BCUT2D eigenvalue weighted by atomic mass is 10.0. The molecule has 4 nitrogen and oxygen atoms in total. The van der Waals surface area contributed by atoms with Crippen LogP contribution in [0.3, 0.4) is 0 Å². The molecule has 0 radical (unpaired) electrons. The first-order valence-corrected chi connectivity index (χ1v) is 8.87. The van der Waals surface area contributed by atoms with E-state index in [4.69, 9.17) is 4.74 Å². The monoisotopic (exact) mass is 338 g/mol. The molecule has 0 unspecified atom stereocenters. The van der Waals surface area contributed by atoms with E-state index >= 15 is 0 Å². The van der Waals surface area contributed by atoms with Gasteiger partial charge in [0.25, 0.3) is 5.91 Å². The summed E-state index contributed by atoms with van der Waals surface area (Å²) in [7, 11) is 5.62. The molecule has 0 bridgehead atoms. The average Bonchev–Trinajstić information content (AvgIpc) is 2.85. The van der Waals surface area contributed by atoms with Crippen LogP contribution in [0, 0.1) is 0 Å². The van der Waals surface area contributed by atoms with Gasteiger partial charge in [-0.15, -0.1) is 0 Å².